The average Bonchev–Trinajstić information content (AvgIpc) is 3.78. The Balaban J connectivity index is 1.35. The lowest BCUT2D eigenvalue weighted by molar-refractivity contribution is 0.0368. The number of nitrogens with zero attached hydrogens (tertiary/aromatic N) is 7. The highest BCUT2D eigenvalue weighted by atomic mass is 16.5. The molecular formula is C45H59N7O6. The molecule has 13 heteroatoms. The van der Waals surface area contributed by atoms with Crippen molar-refractivity contribution in [1.82, 2.24) is 28.7 Å². The Morgan fingerprint density at radius 2 is 1.21 bits per heavy atom. The Bertz CT molecular complexity index is 2370. The minimum atomic E-state index is -0.388. The number of benzene rings is 3. The van der Waals surface area contributed by atoms with Crippen LogP contribution in [0.4, 0.5) is 0 Å². The molecule has 2 aromatic carbocycles. The van der Waals surface area contributed by atoms with Crippen LogP contribution in [0.15, 0.2) is 55.8 Å². The van der Waals surface area contributed by atoms with E-state index in [0.29, 0.717) is 96.0 Å². The number of rotatable bonds is 16. The molecule has 1 N–H and O–H groups in total. The third-order valence-electron chi connectivity index (χ3n) is 12.7. The summed E-state index contributed by atoms with van der Waals surface area (Å²) in [4.78, 5) is 59.3. The topological polar surface area (TPSA) is 125 Å². The second-order valence-corrected chi connectivity index (χ2v) is 16.1. The number of aromatic hydroxyl groups is 1. The fourth-order valence-corrected chi connectivity index (χ4v) is 9.34. The van der Waals surface area contributed by atoms with Crippen LogP contribution in [0.2, 0.25) is 0 Å². The van der Waals surface area contributed by atoms with Gasteiger partial charge in [0.2, 0.25) is 5.88 Å². The molecule has 1 aromatic heterocycles. The maximum atomic E-state index is 15.1. The number of ether oxygens (including phenoxy) is 2. The van der Waals surface area contributed by atoms with Crippen LogP contribution in [0, 0.1) is 0 Å². The van der Waals surface area contributed by atoms with E-state index in [4.69, 9.17) is 14.5 Å². The highest BCUT2D eigenvalue weighted by molar-refractivity contribution is 6.18. The van der Waals surface area contributed by atoms with Crippen molar-refractivity contribution in [1.29, 1.82) is 0 Å². The first kappa shape index (κ1) is 40.5. The van der Waals surface area contributed by atoms with E-state index < -0.39 is 0 Å². The lowest BCUT2D eigenvalue weighted by Crippen LogP contribution is -2.40. The van der Waals surface area contributed by atoms with Crippen LogP contribution in [0.3, 0.4) is 0 Å². The maximum Gasteiger partial charge on any atom is 0.263 e. The van der Waals surface area contributed by atoms with Crippen molar-refractivity contribution >= 4 is 21.5 Å². The van der Waals surface area contributed by atoms with Crippen LogP contribution in [0.5, 0.6) is 5.88 Å². The van der Waals surface area contributed by atoms with Crippen LogP contribution in [0.25, 0.3) is 43.8 Å². The zero-order chi connectivity index (χ0) is 40.2. The van der Waals surface area contributed by atoms with E-state index in [1.165, 1.54) is 9.13 Å². The van der Waals surface area contributed by atoms with E-state index in [2.05, 4.69) is 45.6 Å². The van der Waals surface area contributed by atoms with Gasteiger partial charge in [0.15, 0.2) is 0 Å². The van der Waals surface area contributed by atoms with E-state index in [9.17, 15) is 9.90 Å². The van der Waals surface area contributed by atoms with E-state index in [0.717, 1.165) is 103 Å². The van der Waals surface area contributed by atoms with Crippen LogP contribution in [-0.2, 0) is 29.1 Å². The van der Waals surface area contributed by atoms with Gasteiger partial charge in [-0.25, -0.2) is 0 Å². The summed E-state index contributed by atoms with van der Waals surface area (Å²) in [6.45, 7) is 18.3. The largest absolute Gasteiger partial charge is 0.494 e. The first-order valence-corrected chi connectivity index (χ1v) is 21.6. The lowest BCUT2D eigenvalue weighted by atomic mass is 9.84. The van der Waals surface area contributed by atoms with Crippen LogP contribution >= 0.6 is 0 Å². The molecule has 8 rings (SSSR count). The molecule has 3 fully saturated rings. The standard InChI is InChI=1S/C45H59N7O6/c1-3-47(4-2)31-32-9-11-33(12-10-32)36-39-37-34(42(53)51(44(39)55)20-7-18-49-23-27-57-28-24-49)13-14-35-38(37)40(41(36)46-15-22-48-16-5-6-17-48)45(56)52(43(35)54)21-8-19-50-25-29-58-30-26-50/h9-14,54H,3-8,15-31H2,1-2H3. The molecule has 310 valence electrons. The minimum absolute atomic E-state index is 0.152. The predicted molar refractivity (Wildman–Crippen MR) is 229 cm³/mol. The molecule has 0 atom stereocenters. The van der Waals surface area contributed by atoms with Gasteiger partial charge in [0.1, 0.15) is 0 Å². The van der Waals surface area contributed by atoms with Crippen molar-refractivity contribution in [3.8, 4) is 28.1 Å². The summed E-state index contributed by atoms with van der Waals surface area (Å²) >= 11 is 0. The van der Waals surface area contributed by atoms with Gasteiger partial charge in [-0.05, 0) is 75.1 Å². The Morgan fingerprint density at radius 3 is 1.83 bits per heavy atom. The zero-order valence-electron chi connectivity index (χ0n) is 34.3. The van der Waals surface area contributed by atoms with Gasteiger partial charge in [0.05, 0.1) is 49.3 Å². The molecule has 0 saturated carbocycles. The third-order valence-corrected chi connectivity index (χ3v) is 12.7. The Morgan fingerprint density at radius 1 is 0.621 bits per heavy atom. The lowest BCUT2D eigenvalue weighted by Gasteiger charge is -2.27. The van der Waals surface area contributed by atoms with Gasteiger partial charge in [-0.15, -0.1) is 0 Å². The number of hydrogen-bond donors (Lipinski definition) is 1. The fourth-order valence-electron chi connectivity index (χ4n) is 9.34. The van der Waals surface area contributed by atoms with Gasteiger partial charge in [-0.3, -0.25) is 43.2 Å². The molecule has 4 aliphatic heterocycles. The minimum Gasteiger partial charge on any atom is -0.494 e. The zero-order valence-corrected chi connectivity index (χ0v) is 34.3. The highest BCUT2D eigenvalue weighted by Crippen LogP contribution is 2.41. The summed E-state index contributed by atoms with van der Waals surface area (Å²) in [7, 11) is 0. The van der Waals surface area contributed by atoms with Gasteiger partial charge in [0, 0.05) is 92.7 Å². The summed E-state index contributed by atoms with van der Waals surface area (Å²) < 4.78 is 13.9. The molecule has 0 spiro atoms. The summed E-state index contributed by atoms with van der Waals surface area (Å²) in [5, 5.41) is 14.0. The van der Waals surface area contributed by atoms with Crippen LogP contribution < -0.4 is 22.0 Å². The molecule has 3 saturated heterocycles. The number of likely N-dealkylation sites (tertiary alicyclic amines) is 1. The predicted octanol–water partition coefficient (Wildman–Crippen LogP) is 3.31. The number of pyridine rings is 2. The SMILES string of the molecule is CCN(CC)Cc1ccc(-c2c3c(=O)n(CCCN4CCOCC4)c(=O)c4ccc5c(O)n(CCCN6CCOCC6)c(=O)c(c2=NCCN2CCCC2)c5c4-3)cc1. The molecule has 58 heavy (non-hydrogen) atoms. The summed E-state index contributed by atoms with van der Waals surface area (Å²) in [5.74, 6) is -0.152. The van der Waals surface area contributed by atoms with Crippen molar-refractivity contribution in [2.45, 2.75) is 59.2 Å². The smallest absolute Gasteiger partial charge is 0.263 e. The molecule has 5 heterocycles. The Hall–Kier alpha value is -4.24. The molecule has 13 nitrogen and oxygen atoms in total. The molecule has 0 radical (unpaired) electrons. The van der Waals surface area contributed by atoms with Gasteiger partial charge >= 0.3 is 0 Å². The van der Waals surface area contributed by atoms with Crippen LogP contribution in [-0.4, -0.2) is 139 Å². The number of aromatic nitrogens is 2. The monoisotopic (exact) mass is 793 g/mol. The maximum absolute atomic E-state index is 15.1. The van der Waals surface area contributed by atoms with Gasteiger partial charge in [-0.1, -0.05) is 38.1 Å². The third kappa shape index (κ3) is 8.17. The number of hydrogen-bond acceptors (Lipinski definition) is 11. The first-order chi connectivity index (χ1) is 28.4. The summed E-state index contributed by atoms with van der Waals surface area (Å²) in [5.41, 5.74) is 2.18. The first-order valence-electron chi connectivity index (χ1n) is 21.6. The summed E-state index contributed by atoms with van der Waals surface area (Å²) in [6, 6.07) is 11.7. The Kier molecular flexibility index (Phi) is 12.8. The molecular weight excluding hydrogens is 735 g/mol. The van der Waals surface area contributed by atoms with E-state index in [1.807, 2.05) is 12.1 Å². The molecule has 1 aliphatic carbocycles. The van der Waals surface area contributed by atoms with Crippen molar-refractivity contribution in [3.63, 3.8) is 0 Å². The van der Waals surface area contributed by atoms with Crippen molar-refractivity contribution in [2.75, 3.05) is 105 Å². The van der Waals surface area contributed by atoms with Crippen LogP contribution in [0.1, 0.15) is 45.1 Å². The Labute approximate surface area is 339 Å². The van der Waals surface area contributed by atoms with Crippen molar-refractivity contribution < 1.29 is 14.6 Å². The van der Waals surface area contributed by atoms with Crippen molar-refractivity contribution in [2.24, 2.45) is 4.99 Å². The second-order valence-electron chi connectivity index (χ2n) is 16.1. The fraction of sp³-hybridized carbons (Fsp3) is 0.556. The molecule has 0 amide bonds. The van der Waals surface area contributed by atoms with Gasteiger partial charge in [-0.2, -0.15) is 0 Å². The molecule has 3 aromatic rings. The van der Waals surface area contributed by atoms with E-state index >= 15 is 9.59 Å². The second kappa shape index (κ2) is 18.4. The average molecular weight is 794 g/mol. The molecule has 5 aliphatic rings. The van der Waals surface area contributed by atoms with Gasteiger partial charge < -0.3 is 19.5 Å². The molecule has 0 unspecified atom stereocenters. The van der Waals surface area contributed by atoms with Gasteiger partial charge in [0.25, 0.3) is 16.7 Å². The molecule has 0 bridgehead atoms. The quantitative estimate of drug-likeness (QED) is 0.149. The summed E-state index contributed by atoms with van der Waals surface area (Å²) in [6.07, 6.45) is 3.59. The number of morpholine rings is 2. The van der Waals surface area contributed by atoms with Crippen molar-refractivity contribution in [3.05, 3.63) is 78.4 Å². The highest BCUT2D eigenvalue weighted by Gasteiger charge is 2.31. The van der Waals surface area contributed by atoms with E-state index in [-0.39, 0.29) is 29.1 Å². The van der Waals surface area contributed by atoms with E-state index in [1.54, 1.807) is 12.1 Å². The normalized spacial score (nSPS) is 17.9.